The number of anilines is 2. The SMILES string of the molecule is CC(C)N1C(=O)c2ccccc2NS1(=O)=O.Nc1c([N+](=O)[O-])cnn1-c1c(Cl)cc(C(F)(F)F)cc1Cl.O=C(O)CNCP(=O)(O)O. The first kappa shape index (κ1) is 39.2. The van der Waals surface area contributed by atoms with E-state index in [0.717, 1.165) is 15.2 Å². The van der Waals surface area contributed by atoms with Gasteiger partial charge < -0.3 is 20.6 Å². The minimum atomic E-state index is -4.63. The van der Waals surface area contributed by atoms with Crippen LogP contribution in [0.4, 0.5) is 30.4 Å². The second-order valence-electron chi connectivity index (χ2n) is 9.36. The van der Waals surface area contributed by atoms with Crippen LogP contribution in [-0.2, 0) is 25.7 Å². The summed E-state index contributed by atoms with van der Waals surface area (Å²) in [4.78, 5) is 48.0. The zero-order chi connectivity index (χ0) is 36.1. The Balaban J connectivity index is 0.000000262. The minimum absolute atomic E-state index is 0.170. The summed E-state index contributed by atoms with van der Waals surface area (Å²) in [6.45, 7) is 2.88. The molecule has 0 fully saturated rings. The molecule has 24 heteroatoms. The fraction of sp³-hybridized carbons (Fsp3) is 0.261. The Morgan fingerprint density at radius 3 is 2.21 bits per heavy atom. The second kappa shape index (κ2) is 15.3. The number of benzene rings is 2. The van der Waals surface area contributed by atoms with Crippen LogP contribution >= 0.6 is 30.8 Å². The Hall–Kier alpha value is -3.98. The number of rotatable bonds is 7. The number of nitrogens with zero attached hydrogens (tertiary/aromatic N) is 4. The zero-order valence-corrected chi connectivity index (χ0v) is 27.1. The molecule has 2 aromatic carbocycles. The van der Waals surface area contributed by atoms with Crippen molar-refractivity contribution in [1.29, 1.82) is 0 Å². The quantitative estimate of drug-likeness (QED) is 0.115. The summed E-state index contributed by atoms with van der Waals surface area (Å²) >= 11 is 11.5. The second-order valence-corrected chi connectivity index (χ2v) is 13.4. The van der Waals surface area contributed by atoms with E-state index in [4.69, 9.17) is 43.8 Å². The molecule has 0 aliphatic carbocycles. The van der Waals surface area contributed by atoms with Gasteiger partial charge in [0.05, 0.1) is 44.6 Å². The van der Waals surface area contributed by atoms with Gasteiger partial charge in [0.25, 0.3) is 5.91 Å². The number of alkyl halides is 3. The summed E-state index contributed by atoms with van der Waals surface area (Å²) in [6, 6.07) is 7.43. The number of nitrogens with one attached hydrogen (secondary N) is 2. The van der Waals surface area contributed by atoms with Gasteiger partial charge in [-0.2, -0.15) is 26.7 Å². The molecule has 0 spiro atoms. The van der Waals surface area contributed by atoms with E-state index in [2.05, 4.69) is 15.1 Å². The van der Waals surface area contributed by atoms with Crippen molar-refractivity contribution in [3.05, 3.63) is 73.9 Å². The van der Waals surface area contributed by atoms with Crippen molar-refractivity contribution < 1.29 is 55.6 Å². The van der Waals surface area contributed by atoms with Crippen molar-refractivity contribution in [2.75, 3.05) is 23.3 Å². The fourth-order valence-corrected chi connectivity index (χ4v) is 6.07. The molecule has 0 saturated carbocycles. The molecule has 2 heterocycles. The molecule has 1 aliphatic rings. The molecule has 47 heavy (non-hydrogen) atoms. The first-order valence-corrected chi connectivity index (χ1v) is 16.4. The van der Waals surface area contributed by atoms with E-state index in [1.54, 1.807) is 38.1 Å². The van der Waals surface area contributed by atoms with Crippen molar-refractivity contribution in [2.24, 2.45) is 0 Å². The fourth-order valence-electron chi connectivity index (χ4n) is 3.59. The number of carbonyl (C=O) groups excluding carboxylic acids is 1. The Labute approximate surface area is 273 Å². The third-order valence-corrected chi connectivity index (χ3v) is 8.25. The summed E-state index contributed by atoms with van der Waals surface area (Å²) < 4.78 is 75.5. The molecule has 3 aromatic rings. The number of nitro groups is 1. The van der Waals surface area contributed by atoms with Gasteiger partial charge in [0, 0.05) is 6.04 Å². The monoisotopic (exact) mass is 749 g/mol. The van der Waals surface area contributed by atoms with E-state index >= 15 is 0 Å². The van der Waals surface area contributed by atoms with Gasteiger partial charge in [0.15, 0.2) is 0 Å². The lowest BCUT2D eigenvalue weighted by Gasteiger charge is -2.31. The van der Waals surface area contributed by atoms with E-state index in [1.165, 1.54) is 0 Å². The van der Waals surface area contributed by atoms with Gasteiger partial charge in [0.2, 0.25) is 5.82 Å². The molecule has 0 saturated heterocycles. The number of hydrogen-bond donors (Lipinski definition) is 6. The van der Waals surface area contributed by atoms with E-state index in [-0.39, 0.29) is 15.7 Å². The van der Waals surface area contributed by atoms with Gasteiger partial charge in [-0.25, -0.2) is 8.99 Å². The first-order chi connectivity index (χ1) is 21.5. The smallest absolute Gasteiger partial charge is 0.416 e. The number of para-hydroxylation sites is 1. The molecule has 7 N–H and O–H groups in total. The summed E-state index contributed by atoms with van der Waals surface area (Å²) in [6.07, 6.45) is -4.38. The van der Waals surface area contributed by atoms with E-state index < -0.39 is 76.7 Å². The van der Waals surface area contributed by atoms with Gasteiger partial charge >= 0.3 is 35.6 Å². The molecule has 258 valence electrons. The molecule has 1 amide bonds. The highest BCUT2D eigenvalue weighted by Gasteiger charge is 2.37. The molecule has 17 nitrogen and oxygen atoms in total. The summed E-state index contributed by atoms with van der Waals surface area (Å²) in [5.74, 6) is -2.03. The Bertz CT molecular complexity index is 1800. The summed E-state index contributed by atoms with van der Waals surface area (Å²) in [7, 11) is -7.85. The van der Waals surface area contributed by atoms with Gasteiger partial charge in [-0.1, -0.05) is 35.3 Å². The number of carboxylic acids is 1. The van der Waals surface area contributed by atoms with E-state index in [0.29, 0.717) is 23.4 Å². The van der Waals surface area contributed by atoms with Crippen LogP contribution in [0.25, 0.3) is 5.69 Å². The molecule has 1 aromatic heterocycles. The molecule has 4 rings (SSSR count). The largest absolute Gasteiger partial charge is 0.480 e. The normalized spacial score (nSPS) is 13.8. The minimum Gasteiger partial charge on any atom is -0.480 e. The number of fused-ring (bicyclic) bond motifs is 1. The average molecular weight is 750 g/mol. The molecule has 0 atom stereocenters. The van der Waals surface area contributed by atoms with Crippen molar-refractivity contribution in [3.63, 3.8) is 0 Å². The summed E-state index contributed by atoms with van der Waals surface area (Å²) in [5, 5.41) is 23.6. The van der Waals surface area contributed by atoms with Crippen LogP contribution in [0.1, 0.15) is 29.8 Å². The lowest BCUT2D eigenvalue weighted by molar-refractivity contribution is -0.383. The number of aromatic nitrogens is 2. The lowest BCUT2D eigenvalue weighted by Crippen LogP contribution is -2.48. The highest BCUT2D eigenvalue weighted by atomic mass is 35.5. The molecular formula is C23H25Cl2F3N7O10PS. The maximum absolute atomic E-state index is 12.6. The summed E-state index contributed by atoms with van der Waals surface area (Å²) in [5.41, 5.74) is 4.50. The van der Waals surface area contributed by atoms with E-state index in [9.17, 15) is 45.9 Å². The van der Waals surface area contributed by atoms with Crippen LogP contribution in [0.3, 0.4) is 0 Å². The molecule has 0 radical (unpaired) electrons. The Morgan fingerprint density at radius 1 is 1.21 bits per heavy atom. The molecule has 0 bridgehead atoms. The Morgan fingerprint density at radius 2 is 1.77 bits per heavy atom. The first-order valence-electron chi connectivity index (χ1n) is 12.4. The van der Waals surface area contributed by atoms with Crippen molar-refractivity contribution in [3.8, 4) is 5.69 Å². The van der Waals surface area contributed by atoms with Gasteiger partial charge in [-0.3, -0.25) is 34.3 Å². The maximum atomic E-state index is 12.6. The van der Waals surface area contributed by atoms with Crippen molar-refractivity contribution >= 4 is 70.1 Å². The highest BCUT2D eigenvalue weighted by Crippen LogP contribution is 2.39. The number of hydrogen-bond acceptors (Lipinski definition) is 10. The van der Waals surface area contributed by atoms with Crippen LogP contribution < -0.4 is 15.8 Å². The van der Waals surface area contributed by atoms with Gasteiger partial charge in [0.1, 0.15) is 11.9 Å². The topological polar surface area (TPSA) is 260 Å². The number of aliphatic carboxylic acids is 1. The van der Waals surface area contributed by atoms with Crippen LogP contribution in [0.5, 0.6) is 0 Å². The number of carboxylic acid groups (broad SMARTS) is 1. The Kier molecular flexibility index (Phi) is 12.7. The molecule has 1 aliphatic heterocycles. The van der Waals surface area contributed by atoms with Gasteiger partial charge in [-0.15, -0.1) is 0 Å². The van der Waals surface area contributed by atoms with Crippen LogP contribution in [0, 0.1) is 10.1 Å². The number of carbonyl (C=O) groups is 2. The van der Waals surface area contributed by atoms with Gasteiger partial charge in [-0.05, 0) is 38.1 Å². The maximum Gasteiger partial charge on any atom is 0.416 e. The van der Waals surface area contributed by atoms with Crippen molar-refractivity contribution in [2.45, 2.75) is 26.1 Å². The zero-order valence-electron chi connectivity index (χ0n) is 23.8. The predicted molar refractivity (Wildman–Crippen MR) is 162 cm³/mol. The van der Waals surface area contributed by atoms with E-state index in [1.807, 2.05) is 0 Å². The standard InChI is InChI=1S/C10H5Cl2F3N4O2.C10H12N2O3S.C3H8NO5P/c11-5-1-4(10(13,14)15)2-6(12)8(5)18-9(16)7(3-17-18)19(20)21;1-7(2)12-10(13)8-5-3-4-6-9(8)11-16(12,14)15;5-3(6)1-4-2-10(7,8)9/h1-3H,16H2;3-7,11H,1-2H3;4H,1-2H2,(H,5,6)(H2,7,8,9). The predicted octanol–water partition coefficient (Wildman–Crippen LogP) is 3.69. The number of halogens is 5. The third kappa shape index (κ3) is 10.5. The average Bonchev–Trinajstić information content (AvgIpc) is 3.28. The van der Waals surface area contributed by atoms with Crippen LogP contribution in [-0.4, -0.2) is 73.1 Å². The molecular weight excluding hydrogens is 725 g/mol. The van der Waals surface area contributed by atoms with Crippen LogP contribution in [0.2, 0.25) is 10.0 Å². The van der Waals surface area contributed by atoms with Crippen LogP contribution in [0.15, 0.2) is 42.6 Å². The number of amides is 1. The van der Waals surface area contributed by atoms with Crippen molar-refractivity contribution in [1.82, 2.24) is 19.4 Å². The number of nitrogens with two attached hydrogens (primary N) is 1. The third-order valence-electron chi connectivity index (χ3n) is 5.46. The lowest BCUT2D eigenvalue weighted by atomic mass is 10.1. The molecule has 0 unspecified atom stereocenters. The number of nitrogen functional groups attached to an aromatic ring is 1. The highest BCUT2D eigenvalue weighted by molar-refractivity contribution is 7.91.